The van der Waals surface area contributed by atoms with Gasteiger partial charge in [0.15, 0.2) is 0 Å². The molecule has 0 aromatic rings. The minimum atomic E-state index is -2.81. The predicted molar refractivity (Wildman–Crippen MR) is 88.3 cm³/mol. The number of methoxy groups -OCH3 is 1. The Kier molecular flexibility index (Phi) is 17.5. The second kappa shape index (κ2) is 14.0. The summed E-state index contributed by atoms with van der Waals surface area (Å²) in [7, 11) is -1.21. The summed E-state index contributed by atoms with van der Waals surface area (Å²) in [6.45, 7) is 6.42. The summed E-state index contributed by atoms with van der Waals surface area (Å²) in [5.41, 5.74) is 11.0. The van der Waals surface area contributed by atoms with Crippen LogP contribution >= 0.6 is 7.52 Å². The van der Waals surface area contributed by atoms with E-state index in [1.807, 2.05) is 11.6 Å². The maximum atomic E-state index is 12.6. The van der Waals surface area contributed by atoms with Gasteiger partial charge < -0.3 is 20.7 Å². The van der Waals surface area contributed by atoms with Crippen molar-refractivity contribution >= 4 is 7.52 Å². The first-order valence-electron chi connectivity index (χ1n) is 6.38. The Bertz CT molecular complexity index is 247. The van der Waals surface area contributed by atoms with Gasteiger partial charge in [-0.25, -0.2) is 4.67 Å². The molecule has 0 amide bonds. The van der Waals surface area contributed by atoms with Gasteiger partial charge in [0.25, 0.3) is 7.52 Å². The lowest BCUT2D eigenvalue weighted by Gasteiger charge is -2.30. The average Bonchev–Trinajstić information content (AvgIpc) is 2.28. The fraction of sp³-hybridized carbons (Fsp3) is 1.00. The summed E-state index contributed by atoms with van der Waals surface area (Å²) in [5, 5.41) is 0. The average molecular weight is 313 g/mol. The number of ether oxygens (including phenoxy) is 1. The molecule has 0 aromatic carbocycles. The molecule has 0 bridgehead atoms. The first-order valence-corrected chi connectivity index (χ1v) is 8.40. The van der Waals surface area contributed by atoms with E-state index in [2.05, 4.69) is 0 Å². The van der Waals surface area contributed by atoms with Crippen LogP contribution in [0.1, 0.15) is 34.6 Å². The van der Waals surface area contributed by atoms with Crippen LogP contribution in [0.2, 0.25) is 0 Å². The molecule has 0 saturated heterocycles. The van der Waals surface area contributed by atoms with Crippen molar-refractivity contribution < 1.29 is 13.8 Å². The van der Waals surface area contributed by atoms with Crippen molar-refractivity contribution in [2.45, 2.75) is 40.7 Å². The van der Waals surface area contributed by atoms with E-state index in [0.29, 0.717) is 32.8 Å². The molecule has 0 saturated carbocycles. The Morgan fingerprint density at radius 2 is 1.60 bits per heavy atom. The highest BCUT2D eigenvalue weighted by Crippen LogP contribution is 2.48. The van der Waals surface area contributed by atoms with E-state index >= 15 is 0 Å². The smallest absolute Gasteiger partial charge is 0.269 e. The lowest BCUT2D eigenvalue weighted by molar-refractivity contribution is 0.0865. The molecule has 126 valence electrons. The number of rotatable bonds is 11. The van der Waals surface area contributed by atoms with Crippen molar-refractivity contribution in [3.63, 3.8) is 0 Å². The van der Waals surface area contributed by atoms with Crippen LogP contribution in [-0.4, -0.2) is 57.3 Å². The van der Waals surface area contributed by atoms with E-state index in [1.165, 1.54) is 0 Å². The molecule has 0 aliphatic rings. The van der Waals surface area contributed by atoms with Gasteiger partial charge in [-0.3, -0.25) is 4.57 Å². The molecule has 0 spiro atoms. The van der Waals surface area contributed by atoms with E-state index in [9.17, 15) is 4.57 Å². The van der Waals surface area contributed by atoms with Crippen molar-refractivity contribution in [1.82, 2.24) is 4.67 Å². The zero-order chi connectivity index (χ0) is 14.0. The molecule has 4 N–H and O–H groups in total. The van der Waals surface area contributed by atoms with Crippen molar-refractivity contribution in [3.05, 3.63) is 0 Å². The highest BCUT2D eigenvalue weighted by molar-refractivity contribution is 7.55. The molecule has 0 aromatic heterocycles. The van der Waals surface area contributed by atoms with E-state index in [-0.39, 0.29) is 21.0 Å². The van der Waals surface area contributed by atoms with Gasteiger partial charge in [-0.15, -0.1) is 0 Å². The molecule has 2 unspecified atom stereocenters. The summed E-state index contributed by atoms with van der Waals surface area (Å²) in [5.74, 6) is 0. The van der Waals surface area contributed by atoms with Crippen LogP contribution in [0.5, 0.6) is 0 Å². The van der Waals surface area contributed by atoms with Crippen LogP contribution in [0.4, 0.5) is 0 Å². The van der Waals surface area contributed by atoms with Gasteiger partial charge in [0.1, 0.15) is 0 Å². The van der Waals surface area contributed by atoms with Gasteiger partial charge in [0.05, 0.1) is 12.7 Å². The van der Waals surface area contributed by atoms with Crippen molar-refractivity contribution in [3.8, 4) is 0 Å². The minimum absolute atomic E-state index is 0. The van der Waals surface area contributed by atoms with E-state index in [0.717, 1.165) is 12.8 Å². The first kappa shape index (κ1) is 25.0. The third-order valence-corrected chi connectivity index (χ3v) is 4.71. The minimum Gasteiger partial charge on any atom is -0.382 e. The quantitative estimate of drug-likeness (QED) is 0.568. The van der Waals surface area contributed by atoms with Gasteiger partial charge >= 0.3 is 0 Å². The Morgan fingerprint density at radius 3 is 1.95 bits per heavy atom. The monoisotopic (exact) mass is 313 g/mol. The molecule has 6 nitrogen and oxygen atoms in total. The van der Waals surface area contributed by atoms with E-state index in [4.69, 9.17) is 20.7 Å². The zero-order valence-electron chi connectivity index (χ0n) is 11.8. The second-order valence-corrected chi connectivity index (χ2v) is 6.79. The van der Waals surface area contributed by atoms with E-state index < -0.39 is 7.52 Å². The molecule has 0 radical (unpaired) electrons. The normalized spacial score (nSPS) is 15.1. The van der Waals surface area contributed by atoms with Crippen molar-refractivity contribution in [2.24, 2.45) is 11.5 Å². The maximum absolute atomic E-state index is 12.6. The van der Waals surface area contributed by atoms with Gasteiger partial charge in [0.2, 0.25) is 0 Å². The molecule has 7 heteroatoms. The highest BCUT2D eigenvalue weighted by atomic mass is 31.2. The summed E-state index contributed by atoms with van der Waals surface area (Å²) in [6, 6.07) is 0. The number of hydrogen-bond acceptors (Lipinski definition) is 5. The fourth-order valence-electron chi connectivity index (χ4n) is 1.69. The van der Waals surface area contributed by atoms with E-state index in [1.54, 1.807) is 13.8 Å². The summed E-state index contributed by atoms with van der Waals surface area (Å²) < 4.78 is 25.0. The molecule has 0 aliphatic heterocycles. The zero-order valence-corrected chi connectivity index (χ0v) is 12.7. The lowest BCUT2D eigenvalue weighted by atomic mass is 10.4. The Labute approximate surface area is 125 Å². The fourth-order valence-corrected chi connectivity index (χ4v) is 3.56. The first-order chi connectivity index (χ1) is 8.47. The number of hydrogen-bond donors (Lipinski definition) is 2. The molecular weight excluding hydrogens is 277 g/mol. The van der Waals surface area contributed by atoms with Gasteiger partial charge in [-0.1, -0.05) is 14.9 Å². The van der Waals surface area contributed by atoms with Gasteiger partial charge in [0, 0.05) is 26.9 Å². The van der Waals surface area contributed by atoms with Crippen molar-refractivity contribution in [2.75, 3.05) is 46.6 Å². The Hall–Kier alpha value is 0.0300. The molecule has 2 atom stereocenters. The predicted octanol–water partition coefficient (Wildman–Crippen LogP) is 2.13. The Balaban J connectivity index is -0.00000144. The Morgan fingerprint density at radius 1 is 1.15 bits per heavy atom. The van der Waals surface area contributed by atoms with Crippen LogP contribution in [0.25, 0.3) is 0 Å². The highest BCUT2D eigenvalue weighted by Gasteiger charge is 2.27. The molecule has 0 heterocycles. The molecule has 0 rings (SSSR count). The topological polar surface area (TPSA) is 90.8 Å². The molecule has 20 heavy (non-hydrogen) atoms. The number of nitrogens with two attached hydrogens (primary N) is 2. The molecular formula is C13H36N3O3P. The third kappa shape index (κ3) is 10.8. The third-order valence-electron chi connectivity index (χ3n) is 2.53. The molecule has 0 fully saturated rings. The lowest BCUT2D eigenvalue weighted by Crippen LogP contribution is -2.29. The summed E-state index contributed by atoms with van der Waals surface area (Å²) >= 11 is 0. The van der Waals surface area contributed by atoms with Crippen LogP contribution in [0, 0.1) is 0 Å². The second-order valence-electron chi connectivity index (χ2n) is 4.41. The van der Waals surface area contributed by atoms with Gasteiger partial charge in [-0.05, 0) is 32.9 Å². The largest absolute Gasteiger partial charge is 0.382 e. The van der Waals surface area contributed by atoms with Crippen molar-refractivity contribution in [1.29, 1.82) is 0 Å². The van der Waals surface area contributed by atoms with Gasteiger partial charge in [-0.2, -0.15) is 0 Å². The van der Waals surface area contributed by atoms with Crippen LogP contribution in [-0.2, 0) is 13.8 Å². The maximum Gasteiger partial charge on any atom is 0.269 e. The van der Waals surface area contributed by atoms with Crippen LogP contribution in [0.15, 0.2) is 0 Å². The SMILES string of the molecule is C.C.COCC(C)OP(C)(=O)N(CCCN)CCCN. The standard InChI is InChI=1S/C11H28N3O3P.2CH4/c1-11(10-16-2)17-18(3,15)14(8-4-6-12)9-5-7-13;;/h11H,4-10,12-13H2,1-3H3;2*1H4. The summed E-state index contributed by atoms with van der Waals surface area (Å²) in [4.78, 5) is 0. The number of nitrogens with zero attached hydrogens (tertiary/aromatic N) is 1. The summed E-state index contributed by atoms with van der Waals surface area (Å²) in [6.07, 6.45) is 1.40. The molecule has 0 aliphatic carbocycles. The van der Waals surface area contributed by atoms with Crippen LogP contribution in [0.3, 0.4) is 0 Å². The van der Waals surface area contributed by atoms with Crippen LogP contribution < -0.4 is 11.5 Å².